The van der Waals surface area contributed by atoms with E-state index < -0.39 is 0 Å². The standard InChI is InChI=1S/C15H21N5O2S/c1-21-13-4-2-12(3-5-13)14-17-18-15(20(14)16)23-11-8-19-6-9-22-10-7-19/h2-5H,6-11,16H2,1H3. The molecule has 1 aliphatic heterocycles. The second kappa shape index (κ2) is 7.67. The predicted molar refractivity (Wildman–Crippen MR) is 90.1 cm³/mol. The third-order valence-electron chi connectivity index (χ3n) is 3.76. The van der Waals surface area contributed by atoms with Gasteiger partial charge in [-0.25, -0.2) is 4.68 Å². The fraction of sp³-hybridized carbons (Fsp3) is 0.467. The number of nitrogen functional groups attached to an aromatic ring is 1. The number of methoxy groups -OCH3 is 1. The molecule has 1 aromatic heterocycles. The van der Waals surface area contributed by atoms with Crippen LogP contribution in [0.1, 0.15) is 0 Å². The summed E-state index contributed by atoms with van der Waals surface area (Å²) in [6, 6.07) is 7.62. The summed E-state index contributed by atoms with van der Waals surface area (Å²) in [5, 5.41) is 9.12. The lowest BCUT2D eigenvalue weighted by molar-refractivity contribution is 0.0410. The van der Waals surface area contributed by atoms with Gasteiger partial charge in [-0.1, -0.05) is 11.8 Å². The highest BCUT2D eigenvalue weighted by molar-refractivity contribution is 7.99. The van der Waals surface area contributed by atoms with Gasteiger partial charge >= 0.3 is 0 Å². The maximum Gasteiger partial charge on any atom is 0.210 e. The van der Waals surface area contributed by atoms with E-state index >= 15 is 0 Å². The Morgan fingerprint density at radius 2 is 1.96 bits per heavy atom. The van der Waals surface area contributed by atoms with Gasteiger partial charge in [-0.05, 0) is 24.3 Å². The topological polar surface area (TPSA) is 78.4 Å². The van der Waals surface area contributed by atoms with Crippen LogP contribution in [0.15, 0.2) is 29.4 Å². The number of morpholine rings is 1. The molecule has 0 bridgehead atoms. The Morgan fingerprint density at radius 1 is 1.22 bits per heavy atom. The van der Waals surface area contributed by atoms with E-state index in [9.17, 15) is 0 Å². The lowest BCUT2D eigenvalue weighted by atomic mass is 10.2. The van der Waals surface area contributed by atoms with Gasteiger partial charge in [0.15, 0.2) is 5.82 Å². The van der Waals surface area contributed by atoms with Crippen LogP contribution in [0.5, 0.6) is 5.75 Å². The summed E-state index contributed by atoms with van der Waals surface area (Å²) in [5.74, 6) is 8.52. The molecule has 1 aromatic carbocycles. The van der Waals surface area contributed by atoms with Crippen molar-refractivity contribution in [2.24, 2.45) is 0 Å². The van der Waals surface area contributed by atoms with Crippen LogP contribution in [-0.2, 0) is 4.74 Å². The monoisotopic (exact) mass is 335 g/mol. The van der Waals surface area contributed by atoms with Gasteiger partial charge in [0.05, 0.1) is 20.3 Å². The third-order valence-corrected chi connectivity index (χ3v) is 4.68. The molecule has 0 unspecified atom stereocenters. The van der Waals surface area contributed by atoms with Gasteiger partial charge in [0, 0.05) is 31.0 Å². The molecule has 1 saturated heterocycles. The summed E-state index contributed by atoms with van der Waals surface area (Å²) < 4.78 is 12.1. The van der Waals surface area contributed by atoms with Gasteiger partial charge in [0.1, 0.15) is 5.75 Å². The fourth-order valence-corrected chi connectivity index (χ4v) is 3.26. The lowest BCUT2D eigenvalue weighted by Crippen LogP contribution is -2.37. The highest BCUT2D eigenvalue weighted by Gasteiger charge is 2.14. The minimum absolute atomic E-state index is 0.654. The van der Waals surface area contributed by atoms with Crippen molar-refractivity contribution in [3.8, 4) is 17.1 Å². The molecule has 0 radical (unpaired) electrons. The Hall–Kier alpha value is -1.77. The average molecular weight is 335 g/mol. The van der Waals surface area contributed by atoms with Crippen molar-refractivity contribution < 1.29 is 9.47 Å². The first-order chi connectivity index (χ1) is 11.3. The van der Waals surface area contributed by atoms with Gasteiger partial charge < -0.3 is 15.3 Å². The first-order valence-electron chi connectivity index (χ1n) is 7.56. The Labute approximate surface area is 139 Å². The SMILES string of the molecule is COc1ccc(-c2nnc(SCCN3CCOCC3)n2N)cc1. The second-order valence-electron chi connectivity index (χ2n) is 5.21. The Bertz CT molecular complexity index is 625. The molecule has 0 amide bonds. The van der Waals surface area contributed by atoms with Crippen LogP contribution in [0.2, 0.25) is 0 Å². The highest BCUT2D eigenvalue weighted by Crippen LogP contribution is 2.23. The van der Waals surface area contributed by atoms with E-state index in [4.69, 9.17) is 15.3 Å². The summed E-state index contributed by atoms with van der Waals surface area (Å²) in [7, 11) is 1.64. The van der Waals surface area contributed by atoms with Gasteiger partial charge in [-0.15, -0.1) is 10.2 Å². The zero-order chi connectivity index (χ0) is 16.1. The normalized spacial score (nSPS) is 15.7. The van der Waals surface area contributed by atoms with Gasteiger partial charge in [-0.3, -0.25) is 4.90 Å². The summed E-state index contributed by atoms with van der Waals surface area (Å²) in [5.41, 5.74) is 0.917. The smallest absolute Gasteiger partial charge is 0.210 e. The Kier molecular flexibility index (Phi) is 5.37. The summed E-state index contributed by atoms with van der Waals surface area (Å²) in [6.07, 6.45) is 0. The molecule has 8 heteroatoms. The van der Waals surface area contributed by atoms with Crippen molar-refractivity contribution in [2.45, 2.75) is 5.16 Å². The number of hydrogen-bond acceptors (Lipinski definition) is 7. The second-order valence-corrected chi connectivity index (χ2v) is 6.27. The van der Waals surface area contributed by atoms with Gasteiger partial charge in [0.2, 0.25) is 5.16 Å². The molecule has 1 fully saturated rings. The number of aromatic nitrogens is 3. The van der Waals surface area contributed by atoms with E-state index in [1.165, 1.54) is 0 Å². The zero-order valence-corrected chi connectivity index (χ0v) is 14.0. The number of rotatable bonds is 6. The van der Waals surface area contributed by atoms with E-state index in [1.807, 2.05) is 24.3 Å². The first-order valence-corrected chi connectivity index (χ1v) is 8.54. The van der Waals surface area contributed by atoms with Crippen molar-refractivity contribution in [1.29, 1.82) is 0 Å². The van der Waals surface area contributed by atoms with Crippen LogP contribution >= 0.6 is 11.8 Å². The minimum atomic E-state index is 0.654. The zero-order valence-electron chi connectivity index (χ0n) is 13.1. The molecule has 0 spiro atoms. The number of benzene rings is 1. The van der Waals surface area contributed by atoms with E-state index in [1.54, 1.807) is 23.5 Å². The minimum Gasteiger partial charge on any atom is -0.497 e. The molecule has 3 rings (SSSR count). The van der Waals surface area contributed by atoms with Crippen molar-refractivity contribution in [3.63, 3.8) is 0 Å². The van der Waals surface area contributed by atoms with E-state index in [2.05, 4.69) is 15.1 Å². The van der Waals surface area contributed by atoms with E-state index in [0.29, 0.717) is 5.82 Å². The third kappa shape index (κ3) is 3.95. The van der Waals surface area contributed by atoms with Crippen molar-refractivity contribution in [2.75, 3.05) is 51.6 Å². The fourth-order valence-electron chi connectivity index (χ4n) is 2.40. The van der Waals surface area contributed by atoms with Crippen LogP contribution in [0.4, 0.5) is 0 Å². The molecule has 2 heterocycles. The quantitative estimate of drug-likeness (QED) is 0.625. The van der Waals surface area contributed by atoms with Crippen molar-refractivity contribution in [1.82, 2.24) is 19.8 Å². The largest absolute Gasteiger partial charge is 0.497 e. The molecule has 0 atom stereocenters. The molecular formula is C15H21N5O2S. The summed E-state index contributed by atoms with van der Waals surface area (Å²) >= 11 is 1.62. The maximum atomic E-state index is 6.13. The molecule has 0 aliphatic carbocycles. The molecular weight excluding hydrogens is 314 g/mol. The Balaban J connectivity index is 1.59. The predicted octanol–water partition coefficient (Wildman–Crippen LogP) is 1.09. The summed E-state index contributed by atoms with van der Waals surface area (Å²) in [4.78, 5) is 2.39. The van der Waals surface area contributed by atoms with E-state index in [0.717, 1.165) is 55.1 Å². The average Bonchev–Trinajstić information content (AvgIpc) is 2.97. The van der Waals surface area contributed by atoms with Crippen molar-refractivity contribution in [3.05, 3.63) is 24.3 Å². The summed E-state index contributed by atoms with van der Waals surface area (Å²) in [6.45, 7) is 4.62. The van der Waals surface area contributed by atoms with Crippen molar-refractivity contribution >= 4 is 11.8 Å². The van der Waals surface area contributed by atoms with Gasteiger partial charge in [-0.2, -0.15) is 0 Å². The van der Waals surface area contributed by atoms with Gasteiger partial charge in [0.25, 0.3) is 0 Å². The number of hydrogen-bond donors (Lipinski definition) is 1. The highest BCUT2D eigenvalue weighted by atomic mass is 32.2. The Morgan fingerprint density at radius 3 is 2.65 bits per heavy atom. The van der Waals surface area contributed by atoms with Crippen LogP contribution in [0.25, 0.3) is 11.4 Å². The van der Waals surface area contributed by atoms with Crippen LogP contribution in [-0.4, -0.2) is 65.5 Å². The number of nitrogens with two attached hydrogens (primary N) is 1. The van der Waals surface area contributed by atoms with Crippen LogP contribution in [0, 0.1) is 0 Å². The first kappa shape index (κ1) is 16.1. The molecule has 1 aliphatic rings. The molecule has 124 valence electrons. The number of thioether (sulfide) groups is 1. The number of nitrogens with zero attached hydrogens (tertiary/aromatic N) is 4. The molecule has 2 N–H and O–H groups in total. The van der Waals surface area contributed by atoms with Crippen LogP contribution in [0.3, 0.4) is 0 Å². The van der Waals surface area contributed by atoms with Crippen LogP contribution < -0.4 is 10.6 Å². The lowest BCUT2D eigenvalue weighted by Gasteiger charge is -2.26. The molecule has 23 heavy (non-hydrogen) atoms. The van der Waals surface area contributed by atoms with E-state index in [-0.39, 0.29) is 0 Å². The molecule has 7 nitrogen and oxygen atoms in total. The number of ether oxygens (including phenoxy) is 2. The maximum absolute atomic E-state index is 6.13. The molecule has 0 saturated carbocycles. The molecule has 2 aromatic rings.